The van der Waals surface area contributed by atoms with E-state index in [0.717, 1.165) is 14.8 Å². The zero-order valence-electron chi connectivity index (χ0n) is 8.63. The van der Waals surface area contributed by atoms with Crippen LogP contribution in [0.5, 0.6) is 0 Å². The predicted octanol–water partition coefficient (Wildman–Crippen LogP) is 2.52. The summed E-state index contributed by atoms with van der Waals surface area (Å²) in [5.41, 5.74) is 1.76. The van der Waals surface area contributed by atoms with E-state index in [0.29, 0.717) is 0 Å². The fourth-order valence-electron chi connectivity index (χ4n) is 1.19. The van der Waals surface area contributed by atoms with Crippen LogP contribution < -0.4 is 5.32 Å². The molecule has 0 aliphatic heterocycles. The Hall–Kier alpha value is -0.910. The minimum Gasteiger partial charge on any atom is -0.325 e. The number of ketones is 1. The molecule has 0 heterocycles. The lowest BCUT2D eigenvalue weighted by molar-refractivity contribution is -0.124. The summed E-state index contributed by atoms with van der Waals surface area (Å²) in [6, 6.07) is 5.73. The second kappa shape index (κ2) is 5.25. The zero-order chi connectivity index (χ0) is 11.4. The second-order valence-corrected chi connectivity index (χ2v) is 4.63. The summed E-state index contributed by atoms with van der Waals surface area (Å²) in [5.74, 6) is -0.387. The number of amides is 1. The molecule has 0 aliphatic rings. The molecule has 0 aliphatic carbocycles. The van der Waals surface area contributed by atoms with E-state index in [-0.39, 0.29) is 18.1 Å². The van der Waals surface area contributed by atoms with Crippen LogP contribution in [-0.4, -0.2) is 11.7 Å². The van der Waals surface area contributed by atoms with Crippen molar-refractivity contribution in [1.29, 1.82) is 0 Å². The quantitative estimate of drug-likeness (QED) is 0.688. The van der Waals surface area contributed by atoms with Crippen LogP contribution in [0.25, 0.3) is 0 Å². The number of anilines is 1. The van der Waals surface area contributed by atoms with Gasteiger partial charge in [-0.3, -0.25) is 9.59 Å². The number of hydrogen-bond acceptors (Lipinski definition) is 2. The number of Topliss-reactive ketones (excluding diaryl/α,β-unsaturated/α-hetero) is 1. The van der Waals surface area contributed by atoms with Gasteiger partial charge in [0.05, 0.1) is 6.42 Å². The van der Waals surface area contributed by atoms with Gasteiger partial charge in [0.2, 0.25) is 5.91 Å². The van der Waals surface area contributed by atoms with Crippen LogP contribution in [0.2, 0.25) is 0 Å². The van der Waals surface area contributed by atoms with Crippen molar-refractivity contribution in [2.75, 3.05) is 5.32 Å². The summed E-state index contributed by atoms with van der Waals surface area (Å²) in [4.78, 5) is 22.0. The van der Waals surface area contributed by atoms with Crippen LogP contribution in [0, 0.1) is 10.5 Å². The van der Waals surface area contributed by atoms with E-state index >= 15 is 0 Å². The minimum absolute atomic E-state index is 0.0641. The topological polar surface area (TPSA) is 46.2 Å². The number of aryl methyl sites for hydroxylation is 1. The van der Waals surface area contributed by atoms with Crippen LogP contribution >= 0.6 is 22.6 Å². The molecular formula is C11H12INO2. The first-order valence-corrected chi connectivity index (χ1v) is 5.62. The molecule has 0 bridgehead atoms. The Kier molecular flexibility index (Phi) is 4.26. The number of nitrogens with one attached hydrogen (secondary N) is 1. The Morgan fingerprint density at radius 3 is 2.60 bits per heavy atom. The summed E-state index contributed by atoms with van der Waals surface area (Å²) < 4.78 is 1.12. The van der Waals surface area contributed by atoms with Crippen LogP contribution in [-0.2, 0) is 9.59 Å². The fourth-order valence-corrected chi connectivity index (χ4v) is 1.83. The average molecular weight is 317 g/mol. The van der Waals surface area contributed by atoms with Crippen LogP contribution in [0.15, 0.2) is 18.2 Å². The lowest BCUT2D eigenvalue weighted by Gasteiger charge is -2.07. The maximum atomic E-state index is 11.3. The van der Waals surface area contributed by atoms with E-state index in [9.17, 15) is 9.59 Å². The lowest BCUT2D eigenvalue weighted by atomic mass is 10.2. The van der Waals surface area contributed by atoms with Gasteiger partial charge in [0.1, 0.15) is 5.78 Å². The van der Waals surface area contributed by atoms with E-state index in [4.69, 9.17) is 0 Å². The molecule has 1 rings (SSSR count). The van der Waals surface area contributed by atoms with E-state index in [2.05, 4.69) is 27.9 Å². The van der Waals surface area contributed by atoms with Gasteiger partial charge in [-0.05, 0) is 60.2 Å². The SMILES string of the molecule is CC(=O)CC(=O)Nc1ccc(I)cc1C. The molecule has 15 heavy (non-hydrogen) atoms. The Morgan fingerprint density at radius 1 is 1.40 bits per heavy atom. The summed E-state index contributed by atoms with van der Waals surface area (Å²) in [6.45, 7) is 3.33. The van der Waals surface area contributed by atoms with Gasteiger partial charge in [0.15, 0.2) is 0 Å². The minimum atomic E-state index is -0.258. The highest BCUT2D eigenvalue weighted by Gasteiger charge is 2.06. The molecule has 0 unspecified atom stereocenters. The molecule has 3 nitrogen and oxygen atoms in total. The molecule has 0 spiro atoms. The van der Waals surface area contributed by atoms with Crippen molar-refractivity contribution in [3.8, 4) is 0 Å². The molecule has 1 N–H and O–H groups in total. The zero-order valence-corrected chi connectivity index (χ0v) is 10.8. The largest absolute Gasteiger partial charge is 0.325 e. The molecule has 0 saturated carbocycles. The monoisotopic (exact) mass is 317 g/mol. The highest BCUT2D eigenvalue weighted by atomic mass is 127. The molecule has 0 atom stereocenters. The molecule has 0 fully saturated rings. The third-order valence-corrected chi connectivity index (χ3v) is 2.54. The molecule has 1 amide bonds. The molecule has 1 aromatic carbocycles. The highest BCUT2D eigenvalue weighted by Crippen LogP contribution is 2.17. The number of carbonyl (C=O) groups excluding carboxylic acids is 2. The van der Waals surface area contributed by atoms with Gasteiger partial charge in [-0.2, -0.15) is 0 Å². The maximum absolute atomic E-state index is 11.3. The Bertz CT molecular complexity index is 402. The van der Waals surface area contributed by atoms with Crippen molar-refractivity contribution < 1.29 is 9.59 Å². The smallest absolute Gasteiger partial charge is 0.231 e. The molecular weight excluding hydrogens is 305 g/mol. The molecule has 4 heteroatoms. The van der Waals surface area contributed by atoms with Crippen LogP contribution in [0.3, 0.4) is 0 Å². The van der Waals surface area contributed by atoms with E-state index < -0.39 is 0 Å². The van der Waals surface area contributed by atoms with Crippen LogP contribution in [0.1, 0.15) is 18.9 Å². The number of benzene rings is 1. The lowest BCUT2D eigenvalue weighted by Crippen LogP contribution is -2.15. The van der Waals surface area contributed by atoms with Gasteiger partial charge >= 0.3 is 0 Å². The first-order chi connectivity index (χ1) is 6.99. The van der Waals surface area contributed by atoms with Crippen molar-refractivity contribution in [2.24, 2.45) is 0 Å². The van der Waals surface area contributed by atoms with Gasteiger partial charge in [-0.25, -0.2) is 0 Å². The maximum Gasteiger partial charge on any atom is 0.231 e. The van der Waals surface area contributed by atoms with Crippen molar-refractivity contribution >= 4 is 40.0 Å². The van der Waals surface area contributed by atoms with Gasteiger partial charge in [-0.15, -0.1) is 0 Å². The summed E-state index contributed by atoms with van der Waals surface area (Å²) in [6.07, 6.45) is -0.0641. The van der Waals surface area contributed by atoms with Gasteiger partial charge < -0.3 is 5.32 Å². The third kappa shape index (κ3) is 3.99. The number of rotatable bonds is 3. The number of carbonyl (C=O) groups is 2. The summed E-state index contributed by atoms with van der Waals surface area (Å²) in [7, 11) is 0. The van der Waals surface area contributed by atoms with E-state index in [1.807, 2.05) is 25.1 Å². The molecule has 1 aromatic rings. The number of halogens is 1. The van der Waals surface area contributed by atoms with Gasteiger partial charge in [0.25, 0.3) is 0 Å². The van der Waals surface area contributed by atoms with Gasteiger partial charge in [-0.1, -0.05) is 0 Å². The standard InChI is InChI=1S/C11H12INO2/c1-7-5-9(12)3-4-10(7)13-11(15)6-8(2)14/h3-5H,6H2,1-2H3,(H,13,15). The molecule has 80 valence electrons. The van der Waals surface area contributed by atoms with E-state index in [1.165, 1.54) is 6.92 Å². The van der Waals surface area contributed by atoms with Crippen molar-refractivity contribution in [3.05, 3.63) is 27.3 Å². The van der Waals surface area contributed by atoms with E-state index in [1.54, 1.807) is 0 Å². The first-order valence-electron chi connectivity index (χ1n) is 4.54. The van der Waals surface area contributed by atoms with Crippen molar-refractivity contribution in [3.63, 3.8) is 0 Å². The third-order valence-electron chi connectivity index (χ3n) is 1.87. The fraction of sp³-hybridized carbons (Fsp3) is 0.273. The van der Waals surface area contributed by atoms with Gasteiger partial charge in [0, 0.05) is 9.26 Å². The Morgan fingerprint density at radius 2 is 2.07 bits per heavy atom. The highest BCUT2D eigenvalue weighted by molar-refractivity contribution is 14.1. The first kappa shape index (κ1) is 12.2. The van der Waals surface area contributed by atoms with Crippen molar-refractivity contribution in [1.82, 2.24) is 0 Å². The van der Waals surface area contributed by atoms with Crippen molar-refractivity contribution in [2.45, 2.75) is 20.3 Å². The summed E-state index contributed by atoms with van der Waals surface area (Å²) in [5, 5.41) is 2.71. The number of hydrogen-bond donors (Lipinski definition) is 1. The average Bonchev–Trinajstić information content (AvgIpc) is 2.08. The normalized spacial score (nSPS) is 9.80. The molecule has 0 radical (unpaired) electrons. The Balaban J connectivity index is 2.72. The molecule has 0 aromatic heterocycles. The van der Waals surface area contributed by atoms with Crippen LogP contribution in [0.4, 0.5) is 5.69 Å². The molecule has 0 saturated heterocycles. The second-order valence-electron chi connectivity index (χ2n) is 3.39. The Labute approximate surface area is 102 Å². The summed E-state index contributed by atoms with van der Waals surface area (Å²) >= 11 is 2.21. The predicted molar refractivity (Wildman–Crippen MR) is 67.8 cm³/mol.